The highest BCUT2D eigenvalue weighted by atomic mass is 14.8. The summed E-state index contributed by atoms with van der Waals surface area (Å²) in [6.07, 6.45) is 9.97. The number of hydrogen-bond acceptors (Lipinski definition) is 2. The van der Waals surface area contributed by atoms with Gasteiger partial charge in [0.25, 0.3) is 0 Å². The average molecular weight is 487 g/mol. The molecule has 0 atom stereocenters. The molecule has 7 rings (SSSR count). The van der Waals surface area contributed by atoms with Gasteiger partial charge in [0.1, 0.15) is 0 Å². The van der Waals surface area contributed by atoms with Crippen molar-refractivity contribution in [2.24, 2.45) is 0 Å². The van der Waals surface area contributed by atoms with Crippen molar-refractivity contribution in [3.8, 4) is 33.6 Å². The third-order valence-electron chi connectivity index (χ3n) is 7.13. The monoisotopic (exact) mass is 486 g/mol. The van der Waals surface area contributed by atoms with Crippen LogP contribution in [-0.2, 0) is 0 Å². The van der Waals surface area contributed by atoms with Gasteiger partial charge in [0.2, 0.25) is 0 Å². The van der Waals surface area contributed by atoms with E-state index in [1.165, 1.54) is 38.2 Å². The SMILES string of the molecule is C1=CC(c2cccc(-c3c4ccccc4c(-c4ccc(-c5ccccn5)cn4)c4ccccc34)c2)=C[N-]C1. The van der Waals surface area contributed by atoms with Crippen molar-refractivity contribution in [1.29, 1.82) is 0 Å². The van der Waals surface area contributed by atoms with Crippen LogP contribution in [0.3, 0.4) is 0 Å². The molecule has 0 saturated carbocycles. The van der Waals surface area contributed by atoms with E-state index >= 15 is 0 Å². The predicted octanol–water partition coefficient (Wildman–Crippen LogP) is 9.07. The zero-order chi connectivity index (χ0) is 25.3. The van der Waals surface area contributed by atoms with E-state index in [1.54, 1.807) is 0 Å². The highest BCUT2D eigenvalue weighted by Crippen LogP contribution is 2.43. The Bertz CT molecular complexity index is 1790. The molecule has 0 fully saturated rings. The number of allylic oxidation sites excluding steroid dienone is 2. The molecule has 4 aromatic carbocycles. The summed E-state index contributed by atoms with van der Waals surface area (Å²) in [6, 6.07) is 36.3. The smallest absolute Gasteiger partial charge is 0.0717 e. The highest BCUT2D eigenvalue weighted by molar-refractivity contribution is 6.21. The topological polar surface area (TPSA) is 39.9 Å². The Morgan fingerprint density at radius 3 is 1.89 bits per heavy atom. The fraction of sp³-hybridized carbons (Fsp3) is 0.0286. The van der Waals surface area contributed by atoms with Gasteiger partial charge >= 0.3 is 0 Å². The fourth-order valence-electron chi connectivity index (χ4n) is 5.40. The van der Waals surface area contributed by atoms with Gasteiger partial charge in [-0.25, -0.2) is 0 Å². The molecule has 0 radical (unpaired) electrons. The first-order valence-electron chi connectivity index (χ1n) is 12.8. The van der Waals surface area contributed by atoms with Gasteiger partial charge in [-0.15, -0.1) is 12.6 Å². The van der Waals surface area contributed by atoms with Crippen molar-refractivity contribution in [3.63, 3.8) is 0 Å². The predicted molar refractivity (Wildman–Crippen MR) is 159 cm³/mol. The lowest BCUT2D eigenvalue weighted by molar-refractivity contribution is 1.28. The zero-order valence-electron chi connectivity index (χ0n) is 20.8. The number of hydrogen-bond donors (Lipinski definition) is 0. The minimum atomic E-state index is 0.747. The molecule has 0 N–H and O–H groups in total. The van der Waals surface area contributed by atoms with Gasteiger partial charge in [-0.05, 0) is 74.1 Å². The van der Waals surface area contributed by atoms with Crippen LogP contribution in [0.25, 0.3) is 66.1 Å². The van der Waals surface area contributed by atoms with Crippen LogP contribution in [0.4, 0.5) is 0 Å². The van der Waals surface area contributed by atoms with Crippen LogP contribution in [-0.4, -0.2) is 16.5 Å². The molecule has 1 aliphatic rings. The lowest BCUT2D eigenvalue weighted by Crippen LogP contribution is -1.94. The third kappa shape index (κ3) is 3.86. The first kappa shape index (κ1) is 22.2. The van der Waals surface area contributed by atoms with E-state index in [0.717, 1.165) is 34.6 Å². The Kier molecular flexibility index (Phi) is 5.52. The van der Waals surface area contributed by atoms with E-state index in [1.807, 2.05) is 36.8 Å². The molecule has 3 heterocycles. The van der Waals surface area contributed by atoms with Gasteiger partial charge in [-0.2, -0.15) is 6.20 Å². The molecule has 38 heavy (non-hydrogen) atoms. The molecule has 0 spiro atoms. The second-order valence-corrected chi connectivity index (χ2v) is 9.42. The quantitative estimate of drug-likeness (QED) is 0.233. The summed E-state index contributed by atoms with van der Waals surface area (Å²) in [5, 5.41) is 9.26. The molecule has 1 aliphatic heterocycles. The van der Waals surface area contributed by atoms with Gasteiger partial charge in [0.05, 0.1) is 11.4 Å². The van der Waals surface area contributed by atoms with Crippen molar-refractivity contribution >= 4 is 27.1 Å². The summed E-state index contributed by atoms with van der Waals surface area (Å²) in [5.41, 5.74) is 8.79. The Balaban J connectivity index is 1.46. The highest BCUT2D eigenvalue weighted by Gasteiger charge is 2.17. The summed E-state index contributed by atoms with van der Waals surface area (Å²) in [4.78, 5) is 9.42. The van der Waals surface area contributed by atoms with Crippen LogP contribution in [0.5, 0.6) is 0 Å². The molecule has 0 unspecified atom stereocenters. The normalized spacial score (nSPS) is 12.9. The van der Waals surface area contributed by atoms with Crippen molar-refractivity contribution in [2.45, 2.75) is 0 Å². The van der Waals surface area contributed by atoms with Crippen molar-refractivity contribution in [1.82, 2.24) is 9.97 Å². The van der Waals surface area contributed by atoms with Crippen LogP contribution < -0.4 is 0 Å². The molecule has 180 valence electrons. The number of nitrogens with zero attached hydrogens (tertiary/aromatic N) is 3. The van der Waals surface area contributed by atoms with Crippen LogP contribution in [0.2, 0.25) is 0 Å². The molecule has 0 saturated heterocycles. The second-order valence-electron chi connectivity index (χ2n) is 9.42. The molecular formula is C35H24N3-. The standard InChI is InChI=1S/C35H24N3/c1-3-14-30-28(12-1)34(25-10-7-9-24(21-25)26-11-8-19-36-22-26)29-13-2-4-15-31(29)35(30)33-18-17-27(23-38-33)32-16-5-6-20-37-32/h1-18,20-23H,19H2/q-1. The summed E-state index contributed by atoms with van der Waals surface area (Å²) in [6.45, 7) is 0.747. The first-order valence-corrected chi connectivity index (χ1v) is 12.8. The summed E-state index contributed by atoms with van der Waals surface area (Å²) in [5.74, 6) is 0. The van der Waals surface area contributed by atoms with Gasteiger partial charge in [0, 0.05) is 23.5 Å². The Labute approximate surface area is 221 Å². The summed E-state index contributed by atoms with van der Waals surface area (Å²) in [7, 11) is 0. The maximum absolute atomic E-state index is 4.94. The van der Waals surface area contributed by atoms with Crippen molar-refractivity contribution in [2.75, 3.05) is 6.54 Å². The van der Waals surface area contributed by atoms with Crippen molar-refractivity contribution in [3.05, 3.63) is 145 Å². The third-order valence-corrected chi connectivity index (χ3v) is 7.13. The first-order chi connectivity index (χ1) is 18.9. The molecule has 0 aliphatic carbocycles. The van der Waals surface area contributed by atoms with E-state index < -0.39 is 0 Å². The largest absolute Gasteiger partial charge is 0.687 e. The summed E-state index contributed by atoms with van der Waals surface area (Å²) < 4.78 is 0. The van der Waals surface area contributed by atoms with Crippen molar-refractivity contribution < 1.29 is 0 Å². The van der Waals surface area contributed by atoms with Crippen LogP contribution in [0, 0.1) is 0 Å². The van der Waals surface area contributed by atoms with Gasteiger partial charge in [-0.1, -0.05) is 78.9 Å². The van der Waals surface area contributed by atoms with E-state index in [9.17, 15) is 0 Å². The number of aromatic nitrogens is 2. The molecule has 3 nitrogen and oxygen atoms in total. The zero-order valence-corrected chi connectivity index (χ0v) is 20.8. The van der Waals surface area contributed by atoms with Crippen LogP contribution >= 0.6 is 0 Å². The number of rotatable bonds is 4. The van der Waals surface area contributed by atoms with Gasteiger partial charge in [0.15, 0.2) is 0 Å². The molecule has 6 aromatic rings. The molecular weight excluding hydrogens is 462 g/mol. The fourth-order valence-corrected chi connectivity index (χ4v) is 5.40. The van der Waals surface area contributed by atoms with E-state index in [2.05, 4.69) is 107 Å². The Morgan fingerprint density at radius 2 is 1.26 bits per heavy atom. The van der Waals surface area contributed by atoms with Gasteiger partial charge in [-0.3, -0.25) is 9.97 Å². The van der Waals surface area contributed by atoms with Gasteiger partial charge < -0.3 is 5.32 Å². The van der Waals surface area contributed by atoms with Crippen LogP contribution in [0.1, 0.15) is 5.56 Å². The Hall–Kier alpha value is -5.02. The molecule has 0 bridgehead atoms. The van der Waals surface area contributed by atoms with E-state index in [0.29, 0.717) is 0 Å². The summed E-state index contributed by atoms with van der Waals surface area (Å²) >= 11 is 0. The number of benzene rings is 4. The lowest BCUT2D eigenvalue weighted by atomic mass is 9.86. The number of pyridine rings is 2. The minimum absolute atomic E-state index is 0.747. The maximum atomic E-state index is 4.94. The number of fused-ring (bicyclic) bond motifs is 2. The second kappa shape index (κ2) is 9.45. The average Bonchev–Trinajstić information content (AvgIpc) is 3.01. The Morgan fingerprint density at radius 1 is 0.553 bits per heavy atom. The van der Waals surface area contributed by atoms with Crippen LogP contribution in [0.15, 0.2) is 134 Å². The maximum Gasteiger partial charge on any atom is 0.0717 e. The molecule has 0 amide bonds. The van der Waals surface area contributed by atoms with E-state index in [-0.39, 0.29) is 0 Å². The molecule has 3 heteroatoms. The molecule has 2 aromatic heterocycles. The minimum Gasteiger partial charge on any atom is -0.687 e. The lowest BCUT2D eigenvalue weighted by Gasteiger charge is -2.21. The van der Waals surface area contributed by atoms with E-state index in [4.69, 9.17) is 4.98 Å².